The smallest absolute Gasteiger partial charge is 0.240 e. The van der Waals surface area contributed by atoms with Crippen molar-refractivity contribution >= 4 is 38.7 Å². The third-order valence-electron chi connectivity index (χ3n) is 2.84. The zero-order chi connectivity index (χ0) is 14.9. The fraction of sp³-hybridized carbons (Fsp3) is 0.0769. The summed E-state index contributed by atoms with van der Waals surface area (Å²) in [7, 11) is -3.86. The first-order valence-corrected chi connectivity index (χ1v) is 7.66. The molecule has 0 aromatic heterocycles. The van der Waals surface area contributed by atoms with Gasteiger partial charge < -0.3 is 11.1 Å². The van der Waals surface area contributed by atoms with Crippen molar-refractivity contribution in [1.82, 2.24) is 0 Å². The Balaban J connectivity index is 2.47. The molecule has 5 N–H and O–H groups in total. The summed E-state index contributed by atoms with van der Waals surface area (Å²) in [5.74, 6) is 0. The van der Waals surface area contributed by atoms with Gasteiger partial charge in [0, 0.05) is 10.7 Å². The highest BCUT2D eigenvalue weighted by Crippen LogP contribution is 2.30. The minimum atomic E-state index is -3.86. The van der Waals surface area contributed by atoms with Gasteiger partial charge in [0.1, 0.15) is 4.90 Å². The Bertz CT molecular complexity index is 760. The molecule has 0 bridgehead atoms. The second kappa shape index (κ2) is 5.32. The van der Waals surface area contributed by atoms with Gasteiger partial charge in [-0.2, -0.15) is 0 Å². The predicted molar refractivity (Wildman–Crippen MR) is 81.7 cm³/mol. The van der Waals surface area contributed by atoms with Gasteiger partial charge in [0.25, 0.3) is 0 Å². The Morgan fingerprint density at radius 1 is 1.15 bits per heavy atom. The lowest BCUT2D eigenvalue weighted by Gasteiger charge is -2.14. The number of rotatable bonds is 3. The predicted octanol–water partition coefficient (Wildman–Crippen LogP) is 2.62. The number of aryl methyl sites for hydroxylation is 1. The number of nitrogens with one attached hydrogen (secondary N) is 1. The first-order valence-electron chi connectivity index (χ1n) is 5.73. The van der Waals surface area contributed by atoms with Gasteiger partial charge in [-0.1, -0.05) is 23.7 Å². The van der Waals surface area contributed by atoms with Crippen LogP contribution < -0.4 is 16.2 Å². The fourth-order valence-corrected chi connectivity index (χ4v) is 2.63. The molecule has 0 amide bonds. The summed E-state index contributed by atoms with van der Waals surface area (Å²) in [6, 6.07) is 9.96. The lowest BCUT2D eigenvalue weighted by molar-refractivity contribution is 0.598. The number of halogens is 1. The van der Waals surface area contributed by atoms with E-state index in [1.807, 2.05) is 13.0 Å². The van der Waals surface area contributed by atoms with Crippen molar-refractivity contribution in [3.63, 3.8) is 0 Å². The minimum absolute atomic E-state index is 0.0781. The summed E-state index contributed by atoms with van der Waals surface area (Å²) >= 11 is 5.94. The van der Waals surface area contributed by atoms with E-state index < -0.39 is 10.0 Å². The minimum Gasteiger partial charge on any atom is -0.396 e. The maximum atomic E-state index is 11.4. The van der Waals surface area contributed by atoms with Gasteiger partial charge >= 0.3 is 0 Å². The van der Waals surface area contributed by atoms with Crippen LogP contribution in [-0.4, -0.2) is 8.42 Å². The van der Waals surface area contributed by atoms with Crippen molar-refractivity contribution in [1.29, 1.82) is 0 Å². The van der Waals surface area contributed by atoms with Crippen LogP contribution in [0.1, 0.15) is 5.56 Å². The quantitative estimate of drug-likeness (QED) is 0.759. The molecule has 20 heavy (non-hydrogen) atoms. The molecule has 0 aliphatic rings. The highest BCUT2D eigenvalue weighted by atomic mass is 35.5. The molecular weight excluding hydrogens is 298 g/mol. The highest BCUT2D eigenvalue weighted by Gasteiger charge is 2.15. The van der Waals surface area contributed by atoms with E-state index in [9.17, 15) is 8.42 Å². The summed E-state index contributed by atoms with van der Waals surface area (Å²) in [5.41, 5.74) is 8.09. The summed E-state index contributed by atoms with van der Waals surface area (Å²) < 4.78 is 22.9. The third kappa shape index (κ3) is 3.04. The SMILES string of the molecule is Cc1ccc(Cl)cc1Nc1cccc(S(N)(=O)=O)c1N. The standard InChI is InChI=1S/C13H14ClN3O2S/c1-8-5-6-9(14)7-11(8)17-10-3-2-4-12(13(10)15)20(16,18)19/h2-7,17H,15H2,1H3,(H2,16,18,19). The first-order chi connectivity index (χ1) is 9.29. The van der Waals surface area contributed by atoms with Crippen molar-refractivity contribution in [2.75, 3.05) is 11.1 Å². The molecule has 0 atom stereocenters. The first kappa shape index (κ1) is 14.6. The molecule has 0 unspecified atom stereocenters. The van der Waals surface area contributed by atoms with Gasteiger partial charge in [-0.25, -0.2) is 13.6 Å². The number of anilines is 3. The van der Waals surface area contributed by atoms with Crippen LogP contribution in [0.2, 0.25) is 5.02 Å². The number of primary sulfonamides is 1. The van der Waals surface area contributed by atoms with Crippen LogP contribution in [0.5, 0.6) is 0 Å². The highest BCUT2D eigenvalue weighted by molar-refractivity contribution is 7.89. The van der Waals surface area contributed by atoms with E-state index >= 15 is 0 Å². The average molecular weight is 312 g/mol. The number of para-hydroxylation sites is 1. The van der Waals surface area contributed by atoms with Gasteiger partial charge in [-0.3, -0.25) is 0 Å². The van der Waals surface area contributed by atoms with Crippen LogP contribution >= 0.6 is 11.6 Å². The Kier molecular flexibility index (Phi) is 3.89. The maximum absolute atomic E-state index is 11.4. The van der Waals surface area contributed by atoms with Crippen molar-refractivity contribution in [2.24, 2.45) is 5.14 Å². The number of nitrogen functional groups attached to an aromatic ring is 1. The van der Waals surface area contributed by atoms with Crippen LogP contribution in [0, 0.1) is 6.92 Å². The number of hydrogen-bond acceptors (Lipinski definition) is 4. The normalized spacial score (nSPS) is 11.3. The molecule has 0 heterocycles. The molecule has 0 aliphatic carbocycles. The van der Waals surface area contributed by atoms with Gasteiger partial charge in [-0.05, 0) is 36.8 Å². The van der Waals surface area contributed by atoms with E-state index in [2.05, 4.69) is 5.32 Å². The lowest BCUT2D eigenvalue weighted by Crippen LogP contribution is -2.15. The van der Waals surface area contributed by atoms with Crippen molar-refractivity contribution in [2.45, 2.75) is 11.8 Å². The van der Waals surface area contributed by atoms with Gasteiger partial charge in [0.15, 0.2) is 0 Å². The summed E-state index contributed by atoms with van der Waals surface area (Å²) in [4.78, 5) is -0.109. The Hall–Kier alpha value is -1.76. The second-order valence-electron chi connectivity index (χ2n) is 4.35. The Morgan fingerprint density at radius 3 is 2.50 bits per heavy atom. The van der Waals surface area contributed by atoms with Crippen LogP contribution in [-0.2, 0) is 10.0 Å². The maximum Gasteiger partial charge on any atom is 0.240 e. The van der Waals surface area contributed by atoms with Gasteiger partial charge in [0.2, 0.25) is 10.0 Å². The molecular formula is C13H14ClN3O2S. The Labute approximate surface area is 122 Å². The number of hydrogen-bond donors (Lipinski definition) is 3. The van der Waals surface area contributed by atoms with Crippen LogP contribution in [0.4, 0.5) is 17.1 Å². The molecule has 0 spiro atoms. The van der Waals surface area contributed by atoms with Gasteiger partial charge in [-0.15, -0.1) is 0 Å². The molecule has 0 fully saturated rings. The monoisotopic (exact) mass is 311 g/mol. The molecule has 0 saturated heterocycles. The summed E-state index contributed by atoms with van der Waals surface area (Å²) in [5, 5.41) is 8.75. The molecule has 2 aromatic rings. The Morgan fingerprint density at radius 2 is 1.85 bits per heavy atom. The summed E-state index contributed by atoms with van der Waals surface area (Å²) in [6.07, 6.45) is 0. The zero-order valence-corrected chi connectivity index (χ0v) is 12.3. The fourth-order valence-electron chi connectivity index (χ4n) is 1.78. The molecule has 0 radical (unpaired) electrons. The number of benzene rings is 2. The molecule has 2 aromatic carbocycles. The van der Waals surface area contributed by atoms with Crippen LogP contribution in [0.15, 0.2) is 41.3 Å². The van der Waals surface area contributed by atoms with E-state index in [1.165, 1.54) is 6.07 Å². The van der Waals surface area contributed by atoms with Crippen LogP contribution in [0.25, 0.3) is 0 Å². The molecule has 106 valence electrons. The van der Waals surface area contributed by atoms with Crippen LogP contribution in [0.3, 0.4) is 0 Å². The molecule has 0 aliphatic heterocycles. The molecule has 2 rings (SSSR count). The third-order valence-corrected chi connectivity index (χ3v) is 4.05. The van der Waals surface area contributed by atoms with E-state index in [0.717, 1.165) is 11.3 Å². The molecule has 5 nitrogen and oxygen atoms in total. The topological polar surface area (TPSA) is 98.2 Å². The van der Waals surface area contributed by atoms with Crippen molar-refractivity contribution in [3.05, 3.63) is 47.0 Å². The number of nitrogens with two attached hydrogens (primary N) is 2. The van der Waals surface area contributed by atoms with Crippen molar-refractivity contribution < 1.29 is 8.42 Å². The second-order valence-corrected chi connectivity index (χ2v) is 6.31. The van der Waals surface area contributed by atoms with E-state index in [4.69, 9.17) is 22.5 Å². The molecule has 7 heteroatoms. The zero-order valence-electron chi connectivity index (χ0n) is 10.7. The van der Waals surface area contributed by atoms with E-state index in [0.29, 0.717) is 10.7 Å². The van der Waals surface area contributed by atoms with Gasteiger partial charge in [0.05, 0.1) is 11.4 Å². The van der Waals surface area contributed by atoms with Crippen molar-refractivity contribution in [3.8, 4) is 0 Å². The average Bonchev–Trinajstić information content (AvgIpc) is 2.35. The van der Waals surface area contributed by atoms with E-state index in [-0.39, 0.29) is 10.6 Å². The number of sulfonamides is 1. The largest absolute Gasteiger partial charge is 0.396 e. The van der Waals surface area contributed by atoms with E-state index in [1.54, 1.807) is 24.3 Å². The lowest BCUT2D eigenvalue weighted by atomic mass is 10.2. The summed E-state index contributed by atoms with van der Waals surface area (Å²) in [6.45, 7) is 1.90. The molecule has 0 saturated carbocycles.